The molecule has 1 fully saturated rings. The summed E-state index contributed by atoms with van der Waals surface area (Å²) in [7, 11) is -1.42. The van der Waals surface area contributed by atoms with E-state index in [2.05, 4.69) is 16.8 Å². The fourth-order valence-corrected chi connectivity index (χ4v) is 5.25. The summed E-state index contributed by atoms with van der Waals surface area (Å²) in [6, 6.07) is 5.38. The molecule has 0 amide bonds. The molecule has 1 aliphatic rings. The third-order valence-corrected chi connectivity index (χ3v) is 6.92. The van der Waals surface area contributed by atoms with Crippen molar-refractivity contribution in [3.63, 3.8) is 0 Å². The van der Waals surface area contributed by atoms with Gasteiger partial charge >= 0.3 is 0 Å². The van der Waals surface area contributed by atoms with E-state index in [1.807, 2.05) is 14.0 Å². The minimum absolute atomic E-state index is 0.0200. The van der Waals surface area contributed by atoms with Gasteiger partial charge in [-0.15, -0.1) is 11.3 Å². The molecule has 0 spiro atoms. The average Bonchev–Trinajstić information content (AvgIpc) is 2.90. The number of hydrogen-bond donors (Lipinski definition) is 0. The van der Waals surface area contributed by atoms with Crippen LogP contribution in [0.5, 0.6) is 0 Å². The molecule has 2 atom stereocenters. The first kappa shape index (κ1) is 14.9. The lowest BCUT2D eigenvalue weighted by molar-refractivity contribution is 0.118. The first-order chi connectivity index (χ1) is 9.89. The summed E-state index contributed by atoms with van der Waals surface area (Å²) in [5, 5.41) is 0. The van der Waals surface area contributed by atoms with Crippen molar-refractivity contribution >= 4 is 31.6 Å². The van der Waals surface area contributed by atoms with E-state index >= 15 is 0 Å². The minimum Gasteiger partial charge on any atom is -0.301 e. The van der Waals surface area contributed by atoms with Crippen molar-refractivity contribution in [2.75, 3.05) is 20.1 Å². The molecule has 0 bridgehead atoms. The van der Waals surface area contributed by atoms with Gasteiger partial charge in [0.2, 0.25) is 10.0 Å². The third-order valence-electron chi connectivity index (χ3n) is 4.15. The van der Waals surface area contributed by atoms with Crippen LogP contribution in [-0.2, 0) is 10.0 Å². The predicted octanol–water partition coefficient (Wildman–Crippen LogP) is 2.01. The van der Waals surface area contributed by atoms with Gasteiger partial charge in [0.25, 0.3) is 0 Å². The minimum atomic E-state index is -3.45. The highest BCUT2D eigenvalue weighted by molar-refractivity contribution is 7.89. The molecule has 0 aliphatic carbocycles. The lowest BCUT2D eigenvalue weighted by atomic mass is 10.2. The van der Waals surface area contributed by atoms with Crippen LogP contribution in [0.3, 0.4) is 0 Å². The van der Waals surface area contributed by atoms with E-state index < -0.39 is 10.0 Å². The summed E-state index contributed by atoms with van der Waals surface area (Å²) in [6.45, 7) is 5.30. The second kappa shape index (κ2) is 5.31. The van der Waals surface area contributed by atoms with E-state index in [1.165, 1.54) is 11.3 Å². The van der Waals surface area contributed by atoms with Crippen LogP contribution >= 0.6 is 11.3 Å². The van der Waals surface area contributed by atoms with Gasteiger partial charge in [-0.25, -0.2) is 13.4 Å². The second-order valence-electron chi connectivity index (χ2n) is 5.69. The topological polar surface area (TPSA) is 53.5 Å². The summed E-state index contributed by atoms with van der Waals surface area (Å²) in [6.07, 6.45) is 0. The number of thiazole rings is 1. The van der Waals surface area contributed by atoms with Crippen molar-refractivity contribution in [3.8, 4) is 0 Å². The van der Waals surface area contributed by atoms with Crippen LogP contribution in [0.4, 0.5) is 0 Å². The van der Waals surface area contributed by atoms with Crippen molar-refractivity contribution in [1.29, 1.82) is 0 Å². The SMILES string of the molecule is C[C@@H]1CN(S(=O)(=O)c2ccc3ncsc3c2)[C@@H](C)CN1C. The smallest absolute Gasteiger partial charge is 0.243 e. The Kier molecular flexibility index (Phi) is 3.77. The summed E-state index contributed by atoms with van der Waals surface area (Å²) >= 11 is 1.46. The van der Waals surface area contributed by atoms with Crippen LogP contribution in [-0.4, -0.2) is 54.8 Å². The second-order valence-corrected chi connectivity index (χ2v) is 8.47. The van der Waals surface area contributed by atoms with E-state index in [4.69, 9.17) is 0 Å². The molecule has 1 aromatic heterocycles. The van der Waals surface area contributed by atoms with E-state index in [0.717, 1.165) is 16.8 Å². The Labute approximate surface area is 129 Å². The van der Waals surface area contributed by atoms with Crippen molar-refractivity contribution in [2.24, 2.45) is 0 Å². The number of sulfonamides is 1. The highest BCUT2D eigenvalue weighted by atomic mass is 32.2. The Morgan fingerprint density at radius 1 is 1.24 bits per heavy atom. The Morgan fingerprint density at radius 2 is 2.00 bits per heavy atom. The fraction of sp³-hybridized carbons (Fsp3) is 0.500. The number of nitrogens with zero attached hydrogens (tertiary/aromatic N) is 3. The molecular formula is C14H19N3O2S2. The van der Waals surface area contributed by atoms with Gasteiger partial charge in [0.05, 0.1) is 20.6 Å². The zero-order chi connectivity index (χ0) is 15.2. The van der Waals surface area contributed by atoms with Gasteiger partial charge in [0, 0.05) is 25.2 Å². The molecule has 1 aliphatic heterocycles. The highest BCUT2D eigenvalue weighted by Gasteiger charge is 2.35. The van der Waals surface area contributed by atoms with Gasteiger partial charge in [-0.05, 0) is 39.1 Å². The van der Waals surface area contributed by atoms with Crippen molar-refractivity contribution < 1.29 is 8.42 Å². The number of likely N-dealkylation sites (N-methyl/N-ethyl adjacent to an activating group) is 1. The van der Waals surface area contributed by atoms with Crippen LogP contribution in [0, 0.1) is 0 Å². The van der Waals surface area contributed by atoms with Crippen LogP contribution < -0.4 is 0 Å². The third kappa shape index (κ3) is 2.59. The summed E-state index contributed by atoms with van der Waals surface area (Å²) in [4.78, 5) is 6.76. The van der Waals surface area contributed by atoms with Gasteiger partial charge in [0.1, 0.15) is 0 Å². The number of hydrogen-bond acceptors (Lipinski definition) is 5. The molecule has 21 heavy (non-hydrogen) atoms. The molecule has 3 rings (SSSR count). The normalized spacial score (nSPS) is 25.5. The zero-order valence-electron chi connectivity index (χ0n) is 12.4. The molecule has 1 saturated heterocycles. The Morgan fingerprint density at radius 3 is 2.76 bits per heavy atom. The molecule has 114 valence electrons. The van der Waals surface area contributed by atoms with Gasteiger partial charge in [0.15, 0.2) is 0 Å². The summed E-state index contributed by atoms with van der Waals surface area (Å²) in [5.74, 6) is 0. The Bertz CT molecular complexity index is 756. The molecule has 0 radical (unpaired) electrons. The molecule has 7 heteroatoms. The molecule has 2 aromatic rings. The van der Waals surface area contributed by atoms with Crippen LogP contribution in [0.2, 0.25) is 0 Å². The molecule has 1 aromatic carbocycles. The first-order valence-electron chi connectivity index (χ1n) is 6.95. The molecule has 5 nitrogen and oxygen atoms in total. The lowest BCUT2D eigenvalue weighted by Gasteiger charge is -2.41. The predicted molar refractivity (Wildman–Crippen MR) is 85.1 cm³/mol. The Balaban J connectivity index is 1.99. The number of aromatic nitrogens is 1. The molecule has 0 N–H and O–H groups in total. The largest absolute Gasteiger partial charge is 0.301 e. The van der Waals surface area contributed by atoms with Crippen LogP contribution in [0.15, 0.2) is 28.6 Å². The van der Waals surface area contributed by atoms with Crippen molar-refractivity contribution in [2.45, 2.75) is 30.8 Å². The maximum absolute atomic E-state index is 12.9. The molecule has 2 heterocycles. The molecule has 0 saturated carbocycles. The van der Waals surface area contributed by atoms with Crippen LogP contribution in [0.1, 0.15) is 13.8 Å². The standard InChI is InChI=1S/C14H19N3O2S2/c1-10-8-17(11(2)7-16(10)3)21(18,19)12-4-5-13-14(6-12)20-9-15-13/h4-6,9-11H,7-8H2,1-3H3/t10-,11+/m1/s1. The van der Waals surface area contributed by atoms with Gasteiger partial charge < -0.3 is 4.90 Å². The average molecular weight is 325 g/mol. The van der Waals surface area contributed by atoms with E-state index in [-0.39, 0.29) is 12.1 Å². The lowest BCUT2D eigenvalue weighted by Crippen LogP contribution is -2.56. The monoisotopic (exact) mass is 325 g/mol. The van der Waals surface area contributed by atoms with Gasteiger partial charge in [-0.2, -0.15) is 4.31 Å². The number of piperazine rings is 1. The maximum atomic E-state index is 12.9. The number of benzene rings is 1. The summed E-state index contributed by atoms with van der Waals surface area (Å²) < 4.78 is 28.3. The van der Waals surface area contributed by atoms with Crippen molar-refractivity contribution in [1.82, 2.24) is 14.2 Å². The fourth-order valence-electron chi connectivity index (χ4n) is 2.73. The van der Waals surface area contributed by atoms with Gasteiger partial charge in [-0.3, -0.25) is 0 Å². The first-order valence-corrected chi connectivity index (χ1v) is 9.27. The van der Waals surface area contributed by atoms with Crippen LogP contribution in [0.25, 0.3) is 10.2 Å². The van der Waals surface area contributed by atoms with E-state index in [9.17, 15) is 8.42 Å². The highest BCUT2D eigenvalue weighted by Crippen LogP contribution is 2.27. The zero-order valence-corrected chi connectivity index (χ0v) is 14.0. The van der Waals surface area contributed by atoms with Crippen molar-refractivity contribution in [3.05, 3.63) is 23.7 Å². The molecule has 0 unspecified atom stereocenters. The summed E-state index contributed by atoms with van der Waals surface area (Å²) in [5.41, 5.74) is 2.58. The maximum Gasteiger partial charge on any atom is 0.243 e. The number of fused-ring (bicyclic) bond motifs is 1. The number of rotatable bonds is 2. The van der Waals surface area contributed by atoms with E-state index in [0.29, 0.717) is 11.4 Å². The molecular weight excluding hydrogens is 306 g/mol. The van der Waals surface area contributed by atoms with Gasteiger partial charge in [-0.1, -0.05) is 0 Å². The quantitative estimate of drug-likeness (QED) is 0.847. The Hall–Kier alpha value is -1.02. The van der Waals surface area contributed by atoms with E-state index in [1.54, 1.807) is 28.0 Å².